The molecule has 29 heavy (non-hydrogen) atoms. The van der Waals surface area contributed by atoms with Crippen LogP contribution in [0, 0.1) is 0 Å². The molecule has 0 saturated heterocycles. The first kappa shape index (κ1) is 22.8. The molecule has 0 unspecified atom stereocenters. The zero-order chi connectivity index (χ0) is 21.2. The molecule has 0 aliphatic heterocycles. The number of carbonyl (C=O) groups is 2. The van der Waals surface area contributed by atoms with Gasteiger partial charge in [-0.25, -0.2) is 4.98 Å². The largest absolute Gasteiger partial charge is 0.310 e. The fraction of sp³-hybridized carbons (Fsp3) is 0.455. The number of amides is 2. The first-order valence-electron chi connectivity index (χ1n) is 10.2. The second-order valence-corrected chi connectivity index (χ2v) is 7.32. The summed E-state index contributed by atoms with van der Waals surface area (Å²) in [5.74, 6) is 0.389. The van der Waals surface area contributed by atoms with Crippen molar-refractivity contribution < 1.29 is 9.59 Å². The second kappa shape index (κ2) is 11.5. The van der Waals surface area contributed by atoms with Crippen LogP contribution in [-0.4, -0.2) is 21.8 Å². The average Bonchev–Trinajstić information content (AvgIpc) is 2.71. The summed E-state index contributed by atoms with van der Waals surface area (Å²) in [6.45, 7) is 6.05. The first-order chi connectivity index (χ1) is 14.0. The molecule has 0 radical (unpaired) electrons. The van der Waals surface area contributed by atoms with Crippen LogP contribution in [-0.2, 0) is 16.0 Å². The van der Waals surface area contributed by atoms with Gasteiger partial charge in [-0.15, -0.1) is 0 Å². The zero-order valence-corrected chi connectivity index (χ0v) is 18.1. The van der Waals surface area contributed by atoms with Crippen LogP contribution in [0.3, 0.4) is 0 Å². The highest BCUT2D eigenvalue weighted by Crippen LogP contribution is 2.32. The van der Waals surface area contributed by atoms with E-state index < -0.39 is 0 Å². The number of rotatable bonds is 10. The number of hydrogen-bond acceptors (Lipinski definition) is 4. The molecule has 156 valence electrons. The minimum absolute atomic E-state index is 0.105. The van der Waals surface area contributed by atoms with Crippen LogP contribution in [0.5, 0.6) is 0 Å². The molecule has 0 bridgehead atoms. The quantitative estimate of drug-likeness (QED) is 0.526. The van der Waals surface area contributed by atoms with Gasteiger partial charge in [0.15, 0.2) is 0 Å². The molecule has 1 aromatic heterocycles. The molecule has 1 heterocycles. The molecule has 0 aliphatic carbocycles. The van der Waals surface area contributed by atoms with Gasteiger partial charge in [0.2, 0.25) is 17.8 Å². The summed E-state index contributed by atoms with van der Waals surface area (Å²) >= 11 is 6.03. The Bertz CT molecular complexity index is 837. The number of anilines is 2. The Morgan fingerprint density at radius 3 is 2.03 bits per heavy atom. The van der Waals surface area contributed by atoms with Crippen molar-refractivity contribution >= 4 is 35.2 Å². The Balaban J connectivity index is 2.44. The Morgan fingerprint density at radius 2 is 1.48 bits per heavy atom. The van der Waals surface area contributed by atoms with Crippen molar-refractivity contribution in [3.05, 3.63) is 35.0 Å². The van der Waals surface area contributed by atoms with Gasteiger partial charge in [-0.3, -0.25) is 14.9 Å². The van der Waals surface area contributed by atoms with Crippen molar-refractivity contribution in [2.45, 2.75) is 65.7 Å². The molecular weight excluding hydrogens is 388 g/mol. The van der Waals surface area contributed by atoms with Crippen molar-refractivity contribution in [1.82, 2.24) is 9.97 Å². The Morgan fingerprint density at radius 1 is 0.897 bits per heavy atom. The maximum Gasteiger partial charge on any atom is 0.231 e. The summed E-state index contributed by atoms with van der Waals surface area (Å²) in [5, 5.41) is 6.30. The second-order valence-electron chi connectivity index (χ2n) is 6.88. The third-order valence-electron chi connectivity index (χ3n) is 4.48. The lowest BCUT2D eigenvalue weighted by Gasteiger charge is -2.16. The van der Waals surface area contributed by atoms with Gasteiger partial charge in [-0.2, -0.15) is 4.98 Å². The molecule has 0 spiro atoms. The highest BCUT2D eigenvalue weighted by atomic mass is 35.5. The predicted octanol–water partition coefficient (Wildman–Crippen LogP) is 5.62. The minimum Gasteiger partial charge on any atom is -0.310 e. The fourth-order valence-corrected chi connectivity index (χ4v) is 3.01. The number of benzene rings is 1. The normalized spacial score (nSPS) is 10.6. The molecule has 0 saturated carbocycles. The molecule has 2 rings (SSSR count). The van der Waals surface area contributed by atoms with E-state index in [0.29, 0.717) is 30.1 Å². The lowest BCUT2D eigenvalue weighted by molar-refractivity contribution is -0.117. The molecule has 2 N–H and O–H groups in total. The monoisotopic (exact) mass is 416 g/mol. The van der Waals surface area contributed by atoms with Crippen LogP contribution in [0.25, 0.3) is 11.1 Å². The Kier molecular flexibility index (Phi) is 9.06. The number of halogens is 1. The number of nitrogens with zero attached hydrogens (tertiary/aromatic N) is 2. The lowest BCUT2D eigenvalue weighted by Crippen LogP contribution is -2.18. The Hall–Kier alpha value is -2.47. The summed E-state index contributed by atoms with van der Waals surface area (Å²) in [4.78, 5) is 33.6. The molecule has 0 fully saturated rings. The number of carbonyl (C=O) groups excluding carboxylic acids is 2. The zero-order valence-electron chi connectivity index (χ0n) is 17.3. The number of unbranched alkanes of at least 4 members (excludes halogenated alkanes) is 2. The van der Waals surface area contributed by atoms with E-state index >= 15 is 0 Å². The van der Waals surface area contributed by atoms with E-state index in [1.807, 2.05) is 32.9 Å². The summed E-state index contributed by atoms with van der Waals surface area (Å²) in [5.41, 5.74) is 2.36. The molecular formula is C22H29ClN4O2. The van der Waals surface area contributed by atoms with E-state index in [4.69, 9.17) is 11.6 Å². The van der Waals surface area contributed by atoms with Crippen molar-refractivity contribution in [3.8, 4) is 11.1 Å². The van der Waals surface area contributed by atoms with Gasteiger partial charge in [0.1, 0.15) is 5.82 Å². The minimum atomic E-state index is -0.128. The molecule has 2 aromatic rings. The summed E-state index contributed by atoms with van der Waals surface area (Å²) in [7, 11) is 0. The number of hydrogen-bond donors (Lipinski definition) is 2. The smallest absolute Gasteiger partial charge is 0.231 e. The first-order valence-corrected chi connectivity index (χ1v) is 10.6. The highest BCUT2D eigenvalue weighted by molar-refractivity contribution is 6.30. The summed E-state index contributed by atoms with van der Waals surface area (Å²) in [6, 6.07) is 7.33. The molecule has 0 atom stereocenters. The number of aromatic nitrogens is 2. The van der Waals surface area contributed by atoms with E-state index in [2.05, 4.69) is 20.6 Å². The standard InChI is InChI=1S/C22H29ClN4O2/c1-4-7-9-18(28)25-21-20(15-11-13-16(23)14-12-15)17(6-3)24-22(27-21)26-19(29)10-8-5-2/h11-14H,4-10H2,1-3H3,(H2,24,25,26,27,28,29). The van der Waals surface area contributed by atoms with E-state index in [-0.39, 0.29) is 17.8 Å². The number of nitrogens with one attached hydrogen (secondary N) is 2. The molecule has 0 aliphatic rings. The SMILES string of the molecule is CCCCC(=O)Nc1nc(CC)c(-c2ccc(Cl)cc2)c(NC(=O)CCCC)n1. The van der Waals surface area contributed by atoms with Crippen molar-refractivity contribution in [2.24, 2.45) is 0 Å². The van der Waals surface area contributed by atoms with Crippen LogP contribution in [0.4, 0.5) is 11.8 Å². The number of aryl methyl sites for hydroxylation is 1. The molecule has 6 nitrogen and oxygen atoms in total. The van der Waals surface area contributed by atoms with Gasteiger partial charge in [0.05, 0.1) is 5.69 Å². The maximum absolute atomic E-state index is 12.4. The third-order valence-corrected chi connectivity index (χ3v) is 4.73. The van der Waals surface area contributed by atoms with Crippen molar-refractivity contribution in [3.63, 3.8) is 0 Å². The van der Waals surface area contributed by atoms with Crippen LogP contribution in [0.1, 0.15) is 65.0 Å². The Labute approximate surface area is 177 Å². The molecule has 7 heteroatoms. The van der Waals surface area contributed by atoms with Crippen LogP contribution in [0.2, 0.25) is 5.02 Å². The van der Waals surface area contributed by atoms with Gasteiger partial charge in [0.25, 0.3) is 0 Å². The van der Waals surface area contributed by atoms with Gasteiger partial charge < -0.3 is 5.32 Å². The highest BCUT2D eigenvalue weighted by Gasteiger charge is 2.18. The molecule has 1 aromatic carbocycles. The summed E-state index contributed by atoms with van der Waals surface area (Å²) < 4.78 is 0. The average molecular weight is 417 g/mol. The van der Waals surface area contributed by atoms with E-state index in [0.717, 1.165) is 42.5 Å². The molecule has 2 amide bonds. The van der Waals surface area contributed by atoms with E-state index in [1.165, 1.54) is 0 Å². The lowest BCUT2D eigenvalue weighted by atomic mass is 10.0. The van der Waals surface area contributed by atoms with Crippen molar-refractivity contribution in [1.29, 1.82) is 0 Å². The van der Waals surface area contributed by atoms with E-state index in [1.54, 1.807) is 12.1 Å². The maximum atomic E-state index is 12.4. The van der Waals surface area contributed by atoms with Crippen LogP contribution >= 0.6 is 11.6 Å². The van der Waals surface area contributed by atoms with E-state index in [9.17, 15) is 9.59 Å². The van der Waals surface area contributed by atoms with Crippen molar-refractivity contribution in [2.75, 3.05) is 10.6 Å². The van der Waals surface area contributed by atoms with Crippen LogP contribution < -0.4 is 10.6 Å². The third kappa shape index (κ3) is 6.82. The van der Waals surface area contributed by atoms with Gasteiger partial charge in [-0.05, 0) is 37.0 Å². The topological polar surface area (TPSA) is 84.0 Å². The fourth-order valence-electron chi connectivity index (χ4n) is 2.89. The van der Waals surface area contributed by atoms with Gasteiger partial charge >= 0.3 is 0 Å². The van der Waals surface area contributed by atoms with Gasteiger partial charge in [-0.1, -0.05) is 57.3 Å². The van der Waals surface area contributed by atoms with Crippen LogP contribution in [0.15, 0.2) is 24.3 Å². The predicted molar refractivity (Wildman–Crippen MR) is 118 cm³/mol. The summed E-state index contributed by atoms with van der Waals surface area (Å²) in [6.07, 6.45) is 4.92. The van der Waals surface area contributed by atoms with Gasteiger partial charge in [0, 0.05) is 23.4 Å².